The fourth-order valence-corrected chi connectivity index (χ4v) is 3.93. The summed E-state index contributed by atoms with van der Waals surface area (Å²) in [6, 6.07) is 13.3. The Morgan fingerprint density at radius 3 is 2.79 bits per heavy atom. The first-order chi connectivity index (χ1) is 11.6. The van der Waals surface area contributed by atoms with Gasteiger partial charge in [-0.2, -0.15) is 0 Å². The molecule has 0 saturated carbocycles. The van der Waals surface area contributed by atoms with Gasteiger partial charge >= 0.3 is 0 Å². The van der Waals surface area contributed by atoms with Gasteiger partial charge in [-0.05, 0) is 42.3 Å². The summed E-state index contributed by atoms with van der Waals surface area (Å²) < 4.78 is 11.2. The number of hydrogen-bond acceptors (Lipinski definition) is 5. The largest absolute Gasteiger partial charge is 0.454 e. The maximum absolute atomic E-state index is 12.8. The highest BCUT2D eigenvalue weighted by Crippen LogP contribution is 2.38. The molecule has 4 nitrogen and oxygen atoms in total. The van der Waals surface area contributed by atoms with Crippen LogP contribution >= 0.6 is 24.0 Å². The van der Waals surface area contributed by atoms with Gasteiger partial charge in [-0.1, -0.05) is 48.2 Å². The number of para-hydroxylation sites is 1. The molecular weight excluding hydrogens is 342 g/mol. The van der Waals surface area contributed by atoms with Crippen molar-refractivity contribution in [1.82, 2.24) is 0 Å². The van der Waals surface area contributed by atoms with Gasteiger partial charge in [0.05, 0.1) is 10.6 Å². The van der Waals surface area contributed by atoms with E-state index < -0.39 is 0 Å². The number of anilines is 1. The first kappa shape index (κ1) is 15.2. The summed E-state index contributed by atoms with van der Waals surface area (Å²) in [6.07, 6.45) is 1.83. The average Bonchev–Trinajstić information content (AvgIpc) is 3.13. The molecule has 2 aliphatic rings. The van der Waals surface area contributed by atoms with Gasteiger partial charge in [-0.3, -0.25) is 9.69 Å². The summed E-state index contributed by atoms with van der Waals surface area (Å²) in [4.78, 5) is 15.0. The maximum Gasteiger partial charge on any atom is 0.270 e. The van der Waals surface area contributed by atoms with Crippen molar-refractivity contribution in [2.24, 2.45) is 0 Å². The number of carbonyl (C=O) groups is 1. The lowest BCUT2D eigenvalue weighted by molar-refractivity contribution is -0.113. The average molecular weight is 355 g/mol. The van der Waals surface area contributed by atoms with E-state index in [9.17, 15) is 4.79 Å². The highest BCUT2D eigenvalue weighted by Gasteiger charge is 2.34. The minimum absolute atomic E-state index is 0.100. The molecule has 0 bridgehead atoms. The van der Waals surface area contributed by atoms with E-state index in [2.05, 4.69) is 0 Å². The second-order valence-corrected chi connectivity index (χ2v) is 7.09. The first-order valence-corrected chi connectivity index (χ1v) is 8.59. The molecule has 0 spiro atoms. The number of carbonyl (C=O) groups excluding carboxylic acids is 1. The molecule has 2 aromatic rings. The molecule has 2 aromatic carbocycles. The number of rotatable bonds is 2. The fourth-order valence-electron chi connectivity index (χ4n) is 2.64. The van der Waals surface area contributed by atoms with Crippen LogP contribution in [0.1, 0.15) is 11.1 Å². The zero-order chi connectivity index (χ0) is 16.7. The van der Waals surface area contributed by atoms with Crippen LogP contribution in [0.15, 0.2) is 47.4 Å². The number of hydrogen-bond donors (Lipinski definition) is 0. The van der Waals surface area contributed by atoms with Crippen molar-refractivity contribution in [3.8, 4) is 11.5 Å². The maximum atomic E-state index is 12.8. The summed E-state index contributed by atoms with van der Waals surface area (Å²) in [5.74, 6) is 1.31. The number of ether oxygens (including phenoxy) is 2. The van der Waals surface area contributed by atoms with Crippen LogP contribution in [0, 0.1) is 6.92 Å². The third-order valence-electron chi connectivity index (χ3n) is 3.84. The number of thioether (sulfide) groups is 1. The van der Waals surface area contributed by atoms with E-state index in [1.807, 2.05) is 55.5 Å². The molecule has 120 valence electrons. The van der Waals surface area contributed by atoms with Crippen LogP contribution in [0.5, 0.6) is 11.5 Å². The standard InChI is InChI=1S/C18H13NO3S2/c1-11-4-2-3-5-13(11)19-17(20)16(24-18(19)23)9-12-6-7-14-15(8-12)22-10-21-14/h2-9H,10H2,1H3/b16-9+. The second kappa shape index (κ2) is 5.96. The molecule has 24 heavy (non-hydrogen) atoms. The van der Waals surface area contributed by atoms with E-state index in [0.717, 1.165) is 22.6 Å². The Kier molecular flexibility index (Phi) is 3.78. The zero-order valence-corrected chi connectivity index (χ0v) is 14.4. The number of amides is 1. The van der Waals surface area contributed by atoms with E-state index in [1.165, 1.54) is 11.8 Å². The van der Waals surface area contributed by atoms with Crippen LogP contribution in [-0.4, -0.2) is 17.0 Å². The van der Waals surface area contributed by atoms with Gasteiger partial charge in [0.2, 0.25) is 6.79 Å². The van der Waals surface area contributed by atoms with Crippen molar-refractivity contribution in [3.63, 3.8) is 0 Å². The summed E-state index contributed by atoms with van der Waals surface area (Å²) in [6.45, 7) is 2.20. The van der Waals surface area contributed by atoms with Crippen LogP contribution in [0.2, 0.25) is 0 Å². The van der Waals surface area contributed by atoms with E-state index in [0.29, 0.717) is 15.0 Å². The molecule has 0 atom stereocenters. The third kappa shape index (κ3) is 2.57. The predicted molar refractivity (Wildman–Crippen MR) is 99.4 cm³/mol. The molecule has 0 radical (unpaired) electrons. The third-order valence-corrected chi connectivity index (χ3v) is 5.15. The summed E-state index contributed by atoms with van der Waals surface area (Å²) in [5, 5.41) is 0. The fraction of sp³-hybridized carbons (Fsp3) is 0.111. The van der Waals surface area contributed by atoms with Gasteiger partial charge in [0.15, 0.2) is 15.8 Å². The predicted octanol–water partition coefficient (Wildman–Crippen LogP) is 4.13. The van der Waals surface area contributed by atoms with Crippen LogP contribution < -0.4 is 14.4 Å². The molecule has 4 rings (SSSR count). The number of aryl methyl sites for hydroxylation is 1. The Hall–Kier alpha value is -2.31. The van der Waals surface area contributed by atoms with Crippen LogP contribution in [0.25, 0.3) is 6.08 Å². The Morgan fingerprint density at radius 2 is 1.96 bits per heavy atom. The zero-order valence-electron chi connectivity index (χ0n) is 12.8. The molecule has 0 N–H and O–H groups in total. The summed E-state index contributed by atoms with van der Waals surface area (Å²) in [7, 11) is 0. The normalized spacial score (nSPS) is 17.9. The van der Waals surface area contributed by atoms with Crippen molar-refractivity contribution >= 4 is 46.0 Å². The van der Waals surface area contributed by atoms with E-state index in [-0.39, 0.29) is 12.7 Å². The molecule has 0 aliphatic carbocycles. The van der Waals surface area contributed by atoms with Gasteiger partial charge in [-0.15, -0.1) is 0 Å². The minimum Gasteiger partial charge on any atom is -0.454 e. The highest BCUT2D eigenvalue weighted by atomic mass is 32.2. The SMILES string of the molecule is Cc1ccccc1N1C(=O)/C(=C\c2ccc3c(c2)OCO3)SC1=S. The van der Waals surface area contributed by atoms with Crippen LogP contribution in [0.4, 0.5) is 5.69 Å². The monoisotopic (exact) mass is 355 g/mol. The minimum atomic E-state index is -0.100. The molecule has 6 heteroatoms. The summed E-state index contributed by atoms with van der Waals surface area (Å²) in [5.41, 5.74) is 2.72. The Bertz CT molecular complexity index is 892. The topological polar surface area (TPSA) is 38.8 Å². The lowest BCUT2D eigenvalue weighted by Crippen LogP contribution is -2.28. The van der Waals surface area contributed by atoms with Crippen molar-refractivity contribution < 1.29 is 14.3 Å². The van der Waals surface area contributed by atoms with Crippen molar-refractivity contribution in [3.05, 3.63) is 58.5 Å². The van der Waals surface area contributed by atoms with Gasteiger partial charge in [0.25, 0.3) is 5.91 Å². The molecular formula is C18H13NO3S2. The molecule has 1 fully saturated rings. The summed E-state index contributed by atoms with van der Waals surface area (Å²) >= 11 is 6.72. The van der Waals surface area contributed by atoms with Crippen LogP contribution in [0.3, 0.4) is 0 Å². The lowest BCUT2D eigenvalue weighted by Gasteiger charge is -2.16. The lowest BCUT2D eigenvalue weighted by atomic mass is 10.1. The second-order valence-electron chi connectivity index (χ2n) is 5.42. The van der Waals surface area contributed by atoms with Gasteiger partial charge in [0.1, 0.15) is 0 Å². The van der Waals surface area contributed by atoms with Gasteiger partial charge in [0, 0.05) is 0 Å². The van der Waals surface area contributed by atoms with Crippen molar-refractivity contribution in [2.75, 3.05) is 11.7 Å². The molecule has 0 aromatic heterocycles. The number of fused-ring (bicyclic) bond motifs is 1. The molecule has 2 heterocycles. The molecule has 1 saturated heterocycles. The number of thiocarbonyl (C=S) groups is 1. The number of benzene rings is 2. The highest BCUT2D eigenvalue weighted by molar-refractivity contribution is 8.27. The molecule has 0 unspecified atom stereocenters. The van der Waals surface area contributed by atoms with Crippen molar-refractivity contribution in [1.29, 1.82) is 0 Å². The van der Waals surface area contributed by atoms with Gasteiger partial charge < -0.3 is 9.47 Å². The number of nitrogens with zero attached hydrogens (tertiary/aromatic N) is 1. The van der Waals surface area contributed by atoms with E-state index >= 15 is 0 Å². The van der Waals surface area contributed by atoms with Gasteiger partial charge in [-0.25, -0.2) is 0 Å². The Morgan fingerprint density at radius 1 is 1.17 bits per heavy atom. The smallest absolute Gasteiger partial charge is 0.270 e. The molecule has 1 amide bonds. The first-order valence-electron chi connectivity index (χ1n) is 7.37. The quantitative estimate of drug-likeness (QED) is 0.598. The van der Waals surface area contributed by atoms with E-state index in [4.69, 9.17) is 21.7 Å². The molecule has 2 aliphatic heterocycles. The Balaban J connectivity index is 1.67. The van der Waals surface area contributed by atoms with E-state index in [1.54, 1.807) is 4.90 Å². The van der Waals surface area contributed by atoms with Crippen LogP contribution in [-0.2, 0) is 4.79 Å². The Labute approximate surface area is 149 Å². The van der Waals surface area contributed by atoms with Crippen molar-refractivity contribution in [2.45, 2.75) is 6.92 Å².